The molecular weight excluding hydrogens is 250 g/mol. The van der Waals surface area contributed by atoms with E-state index in [1.807, 2.05) is 6.92 Å². The number of piperidine rings is 1. The van der Waals surface area contributed by atoms with Gasteiger partial charge in [-0.1, -0.05) is 19.8 Å². The molecule has 2 aliphatic rings. The monoisotopic (exact) mass is 279 g/mol. The summed E-state index contributed by atoms with van der Waals surface area (Å²) < 4.78 is 5.27. The fourth-order valence-corrected chi connectivity index (χ4v) is 3.56. The van der Waals surface area contributed by atoms with E-state index in [2.05, 4.69) is 11.8 Å². The molecular formula is C17H29NO2. The van der Waals surface area contributed by atoms with Crippen molar-refractivity contribution in [2.24, 2.45) is 0 Å². The Bertz CT molecular complexity index is 362. The molecule has 3 heteroatoms. The second-order valence-electron chi connectivity index (χ2n) is 5.98. The molecule has 1 saturated heterocycles. The van der Waals surface area contributed by atoms with Crippen molar-refractivity contribution in [2.75, 3.05) is 13.2 Å². The largest absolute Gasteiger partial charge is 0.463 e. The van der Waals surface area contributed by atoms with Crippen molar-refractivity contribution < 1.29 is 9.53 Å². The van der Waals surface area contributed by atoms with E-state index in [0.717, 1.165) is 31.4 Å². The molecule has 0 N–H and O–H groups in total. The van der Waals surface area contributed by atoms with E-state index >= 15 is 0 Å². The van der Waals surface area contributed by atoms with Gasteiger partial charge in [0.25, 0.3) is 0 Å². The minimum Gasteiger partial charge on any atom is -0.463 e. The normalized spacial score (nSPS) is 22.7. The third-order valence-electron chi connectivity index (χ3n) is 4.59. The van der Waals surface area contributed by atoms with Crippen LogP contribution in [0.2, 0.25) is 0 Å². The summed E-state index contributed by atoms with van der Waals surface area (Å²) in [5, 5.41) is 0. The number of allylic oxidation sites excluding steroid dienone is 1. The molecule has 0 aromatic rings. The van der Waals surface area contributed by atoms with Crippen LogP contribution in [0.15, 0.2) is 11.3 Å². The molecule has 0 saturated carbocycles. The number of fused-ring (bicyclic) bond motifs is 1. The van der Waals surface area contributed by atoms with Crippen LogP contribution in [0.5, 0.6) is 0 Å². The Morgan fingerprint density at radius 3 is 2.85 bits per heavy atom. The first-order chi connectivity index (χ1) is 9.77. The Morgan fingerprint density at radius 2 is 2.10 bits per heavy atom. The van der Waals surface area contributed by atoms with Gasteiger partial charge in [-0.15, -0.1) is 0 Å². The van der Waals surface area contributed by atoms with Crippen molar-refractivity contribution in [3.05, 3.63) is 11.3 Å². The van der Waals surface area contributed by atoms with Crippen LogP contribution in [0.1, 0.15) is 71.6 Å². The highest BCUT2D eigenvalue weighted by Crippen LogP contribution is 2.35. The van der Waals surface area contributed by atoms with E-state index in [0.29, 0.717) is 12.6 Å². The number of hydrogen-bond donors (Lipinski definition) is 0. The van der Waals surface area contributed by atoms with E-state index in [1.54, 1.807) is 0 Å². The summed E-state index contributed by atoms with van der Waals surface area (Å²) in [6, 6.07) is 0.679. The maximum atomic E-state index is 12.2. The Hall–Kier alpha value is -0.990. The highest BCUT2D eigenvalue weighted by Gasteiger charge is 2.32. The quantitative estimate of drug-likeness (QED) is 0.543. The molecule has 1 unspecified atom stereocenters. The van der Waals surface area contributed by atoms with Crippen LogP contribution in [0.4, 0.5) is 0 Å². The summed E-state index contributed by atoms with van der Waals surface area (Å²) in [5.41, 5.74) is 2.29. The maximum absolute atomic E-state index is 12.2. The third-order valence-corrected chi connectivity index (χ3v) is 4.59. The van der Waals surface area contributed by atoms with E-state index in [1.165, 1.54) is 44.2 Å². The van der Waals surface area contributed by atoms with Gasteiger partial charge < -0.3 is 9.64 Å². The summed E-state index contributed by atoms with van der Waals surface area (Å²) in [4.78, 5) is 14.7. The number of unbranched alkanes of at least 4 members (excludes halogenated alkanes) is 2. The van der Waals surface area contributed by atoms with Gasteiger partial charge in [0.2, 0.25) is 0 Å². The van der Waals surface area contributed by atoms with Crippen LogP contribution in [0.25, 0.3) is 0 Å². The maximum Gasteiger partial charge on any atom is 0.335 e. The second-order valence-corrected chi connectivity index (χ2v) is 5.98. The van der Waals surface area contributed by atoms with E-state index in [9.17, 15) is 4.79 Å². The van der Waals surface area contributed by atoms with Crippen molar-refractivity contribution >= 4 is 5.97 Å². The zero-order valence-electron chi connectivity index (χ0n) is 13.1. The number of nitrogens with zero attached hydrogens (tertiary/aromatic N) is 1. The summed E-state index contributed by atoms with van der Waals surface area (Å²) in [6.07, 6.45) is 10.7. The second kappa shape index (κ2) is 7.70. The fourth-order valence-electron chi connectivity index (χ4n) is 3.56. The molecule has 0 spiro atoms. The zero-order chi connectivity index (χ0) is 14.4. The standard InChI is InChI=1S/C17H29NO2/c1-3-5-6-10-16-15(17(19)20-4-2)12-11-14-9-7-8-13-18(14)16/h14H,3-13H2,1-2H3. The summed E-state index contributed by atoms with van der Waals surface area (Å²) in [7, 11) is 0. The average Bonchev–Trinajstić information content (AvgIpc) is 2.47. The summed E-state index contributed by atoms with van der Waals surface area (Å²) in [5.74, 6) is -0.0666. The van der Waals surface area contributed by atoms with Crippen LogP contribution in [-0.2, 0) is 9.53 Å². The lowest BCUT2D eigenvalue weighted by atomic mass is 9.88. The molecule has 0 aromatic carbocycles. The third kappa shape index (κ3) is 3.56. The minimum atomic E-state index is -0.0666. The number of carbonyl (C=O) groups is 1. The minimum absolute atomic E-state index is 0.0666. The molecule has 2 rings (SSSR count). The fraction of sp³-hybridized carbons (Fsp3) is 0.824. The Balaban J connectivity index is 2.16. The van der Waals surface area contributed by atoms with Crippen molar-refractivity contribution in [3.63, 3.8) is 0 Å². The number of esters is 1. The Morgan fingerprint density at radius 1 is 1.25 bits per heavy atom. The number of ether oxygens (including phenoxy) is 1. The van der Waals surface area contributed by atoms with Gasteiger partial charge in [-0.3, -0.25) is 0 Å². The predicted octanol–water partition coefficient (Wildman–Crippen LogP) is 4.03. The first-order valence-corrected chi connectivity index (χ1v) is 8.43. The predicted molar refractivity (Wildman–Crippen MR) is 81.4 cm³/mol. The smallest absolute Gasteiger partial charge is 0.335 e. The zero-order valence-corrected chi connectivity index (χ0v) is 13.1. The van der Waals surface area contributed by atoms with E-state index in [4.69, 9.17) is 4.74 Å². The highest BCUT2D eigenvalue weighted by atomic mass is 16.5. The van der Waals surface area contributed by atoms with E-state index in [-0.39, 0.29) is 5.97 Å². The van der Waals surface area contributed by atoms with Gasteiger partial charge >= 0.3 is 5.97 Å². The van der Waals surface area contributed by atoms with Crippen LogP contribution >= 0.6 is 0 Å². The lowest BCUT2D eigenvalue weighted by Crippen LogP contribution is -2.42. The van der Waals surface area contributed by atoms with Gasteiger partial charge in [-0.05, 0) is 51.9 Å². The first-order valence-electron chi connectivity index (χ1n) is 8.43. The Labute approximate surface area is 123 Å². The van der Waals surface area contributed by atoms with Gasteiger partial charge in [0, 0.05) is 18.3 Å². The van der Waals surface area contributed by atoms with E-state index < -0.39 is 0 Å². The van der Waals surface area contributed by atoms with Gasteiger partial charge in [0.15, 0.2) is 0 Å². The molecule has 3 nitrogen and oxygen atoms in total. The topological polar surface area (TPSA) is 29.5 Å². The summed E-state index contributed by atoms with van der Waals surface area (Å²) in [6.45, 7) is 5.73. The molecule has 1 fully saturated rings. The first kappa shape index (κ1) is 15.4. The molecule has 0 radical (unpaired) electrons. The van der Waals surface area contributed by atoms with Crippen LogP contribution < -0.4 is 0 Å². The Kier molecular flexibility index (Phi) is 5.93. The lowest BCUT2D eigenvalue weighted by molar-refractivity contribution is -0.139. The van der Waals surface area contributed by atoms with Gasteiger partial charge in [0.05, 0.1) is 12.2 Å². The van der Waals surface area contributed by atoms with Crippen molar-refractivity contribution in [3.8, 4) is 0 Å². The van der Waals surface area contributed by atoms with Gasteiger partial charge in [0.1, 0.15) is 0 Å². The molecule has 0 aliphatic carbocycles. The molecule has 0 aromatic heterocycles. The van der Waals surface area contributed by atoms with Crippen LogP contribution in [0.3, 0.4) is 0 Å². The van der Waals surface area contributed by atoms with Gasteiger partial charge in [-0.25, -0.2) is 4.79 Å². The molecule has 114 valence electrons. The summed E-state index contributed by atoms with van der Waals surface area (Å²) >= 11 is 0. The number of carbonyl (C=O) groups excluding carboxylic acids is 1. The van der Waals surface area contributed by atoms with Crippen LogP contribution in [-0.4, -0.2) is 30.1 Å². The number of hydrogen-bond acceptors (Lipinski definition) is 3. The molecule has 0 amide bonds. The van der Waals surface area contributed by atoms with Crippen molar-refractivity contribution in [1.29, 1.82) is 0 Å². The van der Waals surface area contributed by atoms with Crippen molar-refractivity contribution in [2.45, 2.75) is 77.7 Å². The van der Waals surface area contributed by atoms with Crippen LogP contribution in [0, 0.1) is 0 Å². The SMILES string of the molecule is CCCCCC1=C(C(=O)OCC)CCC2CCCCN12. The average molecular weight is 279 g/mol. The molecule has 1 atom stereocenters. The lowest BCUT2D eigenvalue weighted by Gasteiger charge is -2.43. The molecule has 20 heavy (non-hydrogen) atoms. The van der Waals surface area contributed by atoms with Gasteiger partial charge in [-0.2, -0.15) is 0 Å². The highest BCUT2D eigenvalue weighted by molar-refractivity contribution is 5.89. The van der Waals surface area contributed by atoms with Crippen molar-refractivity contribution in [1.82, 2.24) is 4.90 Å². The molecule has 2 heterocycles. The molecule has 0 bridgehead atoms. The molecule has 2 aliphatic heterocycles. The number of rotatable bonds is 6.